The van der Waals surface area contributed by atoms with Gasteiger partial charge < -0.3 is 9.47 Å². The van der Waals surface area contributed by atoms with Crippen molar-refractivity contribution in [3.05, 3.63) is 35.4 Å². The molecule has 6 heteroatoms. The number of fused-ring (bicyclic) bond motifs is 1. The van der Waals surface area contributed by atoms with E-state index in [9.17, 15) is 13.2 Å². The first-order chi connectivity index (χ1) is 11.9. The normalized spacial score (nSPS) is 15.3. The zero-order valence-corrected chi connectivity index (χ0v) is 16.0. The highest BCUT2D eigenvalue weighted by molar-refractivity contribution is 9.09. The number of benzene rings is 1. The Balaban J connectivity index is 2.29. The van der Waals surface area contributed by atoms with E-state index < -0.39 is 11.7 Å². The van der Waals surface area contributed by atoms with Crippen molar-refractivity contribution < 1.29 is 22.6 Å². The van der Waals surface area contributed by atoms with Crippen molar-refractivity contribution >= 4 is 27.1 Å². The summed E-state index contributed by atoms with van der Waals surface area (Å²) >= 11 is 3.39. The lowest BCUT2D eigenvalue weighted by molar-refractivity contribution is -0.0687. The first kappa shape index (κ1) is 19.9. The summed E-state index contributed by atoms with van der Waals surface area (Å²) in [6, 6.07) is 3.03. The number of alkyl halides is 4. The Morgan fingerprint density at radius 2 is 1.56 bits per heavy atom. The maximum absolute atomic E-state index is 13.4. The van der Waals surface area contributed by atoms with Crippen LogP contribution < -0.4 is 9.47 Å². The summed E-state index contributed by atoms with van der Waals surface area (Å²) in [4.78, 5) is 0. The highest BCUT2D eigenvalue weighted by atomic mass is 79.9. The Morgan fingerprint density at radius 3 is 2.12 bits per heavy atom. The Kier molecular flexibility index (Phi) is 6.99. The van der Waals surface area contributed by atoms with E-state index in [0.717, 1.165) is 37.4 Å². The van der Waals surface area contributed by atoms with Gasteiger partial charge >= 0.3 is 6.18 Å². The van der Waals surface area contributed by atoms with Crippen LogP contribution in [0.3, 0.4) is 0 Å². The van der Waals surface area contributed by atoms with E-state index >= 15 is 0 Å². The molecule has 1 aliphatic rings. The molecule has 0 aliphatic heterocycles. The monoisotopic (exact) mass is 418 g/mol. The predicted octanol–water partition coefficient (Wildman–Crippen LogP) is 6.39. The van der Waals surface area contributed by atoms with Gasteiger partial charge in [0.25, 0.3) is 0 Å². The number of methoxy groups -OCH3 is 2. The van der Waals surface area contributed by atoms with E-state index in [1.54, 1.807) is 6.07 Å². The molecule has 0 aromatic heterocycles. The molecular formula is C19H22BrF3O2. The predicted molar refractivity (Wildman–Crippen MR) is 98.4 cm³/mol. The van der Waals surface area contributed by atoms with Gasteiger partial charge in [0.2, 0.25) is 0 Å². The fourth-order valence-electron chi connectivity index (χ4n) is 2.91. The minimum atomic E-state index is -4.40. The van der Waals surface area contributed by atoms with Crippen molar-refractivity contribution in [2.24, 2.45) is 0 Å². The number of hydrogen-bond donors (Lipinski definition) is 0. The van der Waals surface area contributed by atoms with Crippen LogP contribution in [0.15, 0.2) is 24.3 Å². The maximum atomic E-state index is 13.4. The second kappa shape index (κ2) is 8.79. The topological polar surface area (TPSA) is 18.5 Å². The van der Waals surface area contributed by atoms with Crippen molar-refractivity contribution in [1.29, 1.82) is 0 Å². The fourth-order valence-corrected chi connectivity index (χ4v) is 3.30. The van der Waals surface area contributed by atoms with Crippen LogP contribution in [-0.4, -0.2) is 25.7 Å². The molecule has 0 saturated carbocycles. The Labute approximate surface area is 154 Å². The summed E-state index contributed by atoms with van der Waals surface area (Å²) < 4.78 is 50.6. The van der Waals surface area contributed by atoms with Crippen LogP contribution in [-0.2, 0) is 0 Å². The van der Waals surface area contributed by atoms with Gasteiger partial charge in [-0.2, -0.15) is 13.2 Å². The average molecular weight is 419 g/mol. The molecule has 0 heterocycles. The molecule has 0 radical (unpaired) electrons. The van der Waals surface area contributed by atoms with E-state index in [4.69, 9.17) is 9.47 Å². The second-order valence-corrected chi connectivity index (χ2v) is 6.65. The highest BCUT2D eigenvalue weighted by Gasteiger charge is 2.39. The van der Waals surface area contributed by atoms with E-state index in [2.05, 4.69) is 15.9 Å². The lowest BCUT2D eigenvalue weighted by atomic mass is 10.0. The number of rotatable bonds is 8. The maximum Gasteiger partial charge on any atom is 0.417 e. The van der Waals surface area contributed by atoms with Crippen LogP contribution in [0.25, 0.3) is 11.1 Å². The summed E-state index contributed by atoms with van der Waals surface area (Å²) in [5.41, 5.74) is 0.666. The molecule has 0 bridgehead atoms. The van der Waals surface area contributed by atoms with Crippen molar-refractivity contribution in [3.8, 4) is 11.5 Å². The van der Waals surface area contributed by atoms with Gasteiger partial charge in [-0.15, -0.1) is 0 Å². The van der Waals surface area contributed by atoms with Crippen LogP contribution >= 0.6 is 15.9 Å². The zero-order valence-electron chi connectivity index (χ0n) is 14.4. The first-order valence-electron chi connectivity index (χ1n) is 8.24. The first-order valence-corrected chi connectivity index (χ1v) is 9.36. The largest absolute Gasteiger partial charge is 0.493 e. The molecule has 2 nitrogen and oxygen atoms in total. The molecule has 25 heavy (non-hydrogen) atoms. The molecule has 0 atom stereocenters. The molecule has 0 amide bonds. The van der Waals surface area contributed by atoms with Gasteiger partial charge in [0.1, 0.15) is 0 Å². The molecule has 138 valence electrons. The van der Waals surface area contributed by atoms with E-state index in [1.165, 1.54) is 26.4 Å². The van der Waals surface area contributed by atoms with Crippen molar-refractivity contribution in [1.82, 2.24) is 0 Å². The number of halogens is 4. The third-order valence-corrected chi connectivity index (χ3v) is 4.74. The Bertz CT molecular complexity index is 663. The van der Waals surface area contributed by atoms with Gasteiger partial charge in [0, 0.05) is 5.33 Å². The van der Waals surface area contributed by atoms with E-state index in [-0.39, 0.29) is 5.56 Å². The van der Waals surface area contributed by atoms with E-state index in [1.807, 2.05) is 6.08 Å². The van der Waals surface area contributed by atoms with Gasteiger partial charge in [-0.05, 0) is 54.2 Å². The van der Waals surface area contributed by atoms with Crippen LogP contribution in [0, 0.1) is 0 Å². The lowest BCUT2D eigenvalue weighted by Gasteiger charge is -2.14. The van der Waals surface area contributed by atoms with Crippen LogP contribution in [0.1, 0.15) is 43.2 Å². The molecule has 1 aromatic carbocycles. The van der Waals surface area contributed by atoms with Crippen LogP contribution in [0.5, 0.6) is 11.5 Å². The average Bonchev–Trinajstić information content (AvgIpc) is 2.94. The second-order valence-electron chi connectivity index (χ2n) is 5.86. The van der Waals surface area contributed by atoms with Gasteiger partial charge in [0.05, 0.1) is 19.8 Å². The number of unbranched alkanes of at least 4 members (excludes halogenated alkanes) is 4. The summed E-state index contributed by atoms with van der Waals surface area (Å²) in [7, 11) is 2.89. The van der Waals surface area contributed by atoms with Gasteiger partial charge in [-0.3, -0.25) is 0 Å². The molecular weight excluding hydrogens is 397 g/mol. The zero-order chi connectivity index (χ0) is 18.4. The van der Waals surface area contributed by atoms with Crippen molar-refractivity contribution in [2.75, 3.05) is 19.5 Å². The third kappa shape index (κ3) is 4.81. The standard InChI is InChI=1S/C19H22BrF3O2/c1-24-17-11-14-13(8-6-4-3-5-7-9-20)10-16(19(21,22)23)15(14)12-18(17)25-2/h8,10-12H,3-7,9H2,1-2H3. The highest BCUT2D eigenvalue weighted by Crippen LogP contribution is 2.47. The molecule has 0 fully saturated rings. The number of hydrogen-bond acceptors (Lipinski definition) is 2. The van der Waals surface area contributed by atoms with Crippen LogP contribution in [0.4, 0.5) is 13.2 Å². The van der Waals surface area contributed by atoms with Gasteiger partial charge in [0.15, 0.2) is 11.5 Å². The Hall–Kier alpha value is -1.43. The molecule has 1 aliphatic carbocycles. The van der Waals surface area contributed by atoms with Gasteiger partial charge in [-0.1, -0.05) is 34.8 Å². The molecule has 1 aromatic rings. The SMILES string of the molecule is COc1cc2c(cc1OC)C(C(F)(F)F)=CC2=CCCCCCCBr. The lowest BCUT2D eigenvalue weighted by Crippen LogP contribution is -2.09. The molecule has 0 spiro atoms. The smallest absolute Gasteiger partial charge is 0.417 e. The summed E-state index contributed by atoms with van der Waals surface area (Å²) in [6.07, 6.45) is 3.75. The van der Waals surface area contributed by atoms with Crippen LogP contribution in [0.2, 0.25) is 0 Å². The van der Waals surface area contributed by atoms with Crippen molar-refractivity contribution in [3.63, 3.8) is 0 Å². The van der Waals surface area contributed by atoms with Crippen molar-refractivity contribution in [2.45, 2.75) is 38.3 Å². The third-order valence-electron chi connectivity index (χ3n) is 4.18. The minimum absolute atomic E-state index is 0.149. The van der Waals surface area contributed by atoms with Gasteiger partial charge in [-0.25, -0.2) is 0 Å². The molecule has 2 rings (SSSR count). The molecule has 0 N–H and O–H groups in total. The number of allylic oxidation sites excluding steroid dienone is 4. The summed E-state index contributed by atoms with van der Waals surface area (Å²) in [5, 5.41) is 0.987. The Morgan fingerprint density at radius 1 is 0.960 bits per heavy atom. The molecule has 0 saturated heterocycles. The van der Waals surface area contributed by atoms with E-state index in [0.29, 0.717) is 22.6 Å². The minimum Gasteiger partial charge on any atom is -0.493 e. The number of ether oxygens (including phenoxy) is 2. The summed E-state index contributed by atoms with van der Waals surface area (Å²) in [5.74, 6) is 0.730. The molecule has 0 unspecified atom stereocenters. The quantitative estimate of drug-likeness (QED) is 0.359. The fraction of sp³-hybridized carbons (Fsp3) is 0.474. The summed E-state index contributed by atoms with van der Waals surface area (Å²) in [6.45, 7) is 0.